The van der Waals surface area contributed by atoms with Gasteiger partial charge in [-0.3, -0.25) is 4.79 Å². The number of carbonyl (C=O) groups excluding carboxylic acids is 1. The number of hydrogen-bond donors (Lipinski definition) is 2. The number of hydrogen-bond acceptors (Lipinski definition) is 5. The zero-order valence-electron chi connectivity index (χ0n) is 14.5. The van der Waals surface area contributed by atoms with E-state index >= 15 is 0 Å². The molecule has 7 nitrogen and oxygen atoms in total. The SMILES string of the molecule is CO/C(=C\C=C\c1cc2cc(Cl)c(Cl)cc2[nH]1)C(=O)Nc1cnc(C#N)nc1. The topological polar surface area (TPSA) is 104 Å². The Balaban J connectivity index is 1.73. The van der Waals surface area contributed by atoms with Crippen LogP contribution in [0.3, 0.4) is 0 Å². The van der Waals surface area contributed by atoms with Crippen LogP contribution < -0.4 is 5.32 Å². The van der Waals surface area contributed by atoms with Crippen LogP contribution in [0.25, 0.3) is 17.0 Å². The van der Waals surface area contributed by atoms with Crippen LogP contribution in [0.15, 0.2) is 48.5 Å². The average Bonchev–Trinajstić information content (AvgIpc) is 3.07. The van der Waals surface area contributed by atoms with E-state index in [0.29, 0.717) is 15.7 Å². The number of anilines is 1. The number of ether oxygens (including phenoxy) is 1. The number of benzene rings is 1. The lowest BCUT2D eigenvalue weighted by Gasteiger charge is -2.06. The molecule has 0 aliphatic heterocycles. The Bertz CT molecular complexity index is 1090. The molecule has 2 aromatic heterocycles. The summed E-state index contributed by atoms with van der Waals surface area (Å²) in [5.41, 5.74) is 2.00. The Morgan fingerprint density at radius 2 is 1.96 bits per heavy atom. The molecule has 0 radical (unpaired) electrons. The summed E-state index contributed by atoms with van der Waals surface area (Å²) in [7, 11) is 1.39. The van der Waals surface area contributed by atoms with Gasteiger partial charge in [-0.1, -0.05) is 29.3 Å². The molecule has 0 aliphatic rings. The third-order valence-electron chi connectivity index (χ3n) is 3.66. The number of halogens is 2. The van der Waals surface area contributed by atoms with Crippen molar-refractivity contribution in [2.75, 3.05) is 12.4 Å². The number of carbonyl (C=O) groups is 1. The Labute approximate surface area is 170 Å². The second-order valence-corrected chi connectivity index (χ2v) is 6.35. The van der Waals surface area contributed by atoms with Crippen molar-refractivity contribution < 1.29 is 9.53 Å². The van der Waals surface area contributed by atoms with Crippen molar-refractivity contribution in [3.8, 4) is 6.07 Å². The van der Waals surface area contributed by atoms with Gasteiger partial charge in [0, 0.05) is 16.6 Å². The summed E-state index contributed by atoms with van der Waals surface area (Å²) in [6.07, 6.45) is 7.65. The highest BCUT2D eigenvalue weighted by molar-refractivity contribution is 6.42. The van der Waals surface area contributed by atoms with E-state index in [2.05, 4.69) is 20.3 Å². The van der Waals surface area contributed by atoms with Crippen molar-refractivity contribution in [2.45, 2.75) is 0 Å². The van der Waals surface area contributed by atoms with E-state index in [0.717, 1.165) is 16.6 Å². The van der Waals surface area contributed by atoms with Crippen molar-refractivity contribution in [1.82, 2.24) is 15.0 Å². The third kappa shape index (κ3) is 4.49. The maximum Gasteiger partial charge on any atom is 0.290 e. The van der Waals surface area contributed by atoms with E-state index in [1.54, 1.807) is 30.4 Å². The number of H-pyrrole nitrogens is 1. The molecule has 3 aromatic rings. The first kappa shape index (κ1) is 19.4. The van der Waals surface area contributed by atoms with Crippen LogP contribution in [0.1, 0.15) is 11.5 Å². The number of allylic oxidation sites excluding steroid dienone is 2. The molecule has 28 heavy (non-hydrogen) atoms. The van der Waals surface area contributed by atoms with Gasteiger partial charge in [0.05, 0.1) is 35.2 Å². The average molecular weight is 414 g/mol. The van der Waals surface area contributed by atoms with E-state index in [4.69, 9.17) is 33.2 Å². The van der Waals surface area contributed by atoms with Crippen LogP contribution >= 0.6 is 23.2 Å². The van der Waals surface area contributed by atoms with Crippen LogP contribution in [-0.4, -0.2) is 28.0 Å². The number of amides is 1. The maximum atomic E-state index is 12.3. The molecular weight excluding hydrogens is 401 g/mol. The lowest BCUT2D eigenvalue weighted by Crippen LogP contribution is -2.16. The van der Waals surface area contributed by atoms with Gasteiger partial charge in [-0.25, -0.2) is 9.97 Å². The molecule has 1 amide bonds. The van der Waals surface area contributed by atoms with Gasteiger partial charge in [-0.15, -0.1) is 0 Å². The molecule has 0 saturated heterocycles. The van der Waals surface area contributed by atoms with Gasteiger partial charge < -0.3 is 15.0 Å². The fourth-order valence-electron chi connectivity index (χ4n) is 2.36. The summed E-state index contributed by atoms with van der Waals surface area (Å²) in [4.78, 5) is 23.0. The molecule has 140 valence electrons. The van der Waals surface area contributed by atoms with Crippen LogP contribution in [0, 0.1) is 11.3 Å². The van der Waals surface area contributed by atoms with Crippen molar-refractivity contribution in [3.63, 3.8) is 0 Å². The van der Waals surface area contributed by atoms with Gasteiger partial charge in [-0.05, 0) is 30.4 Å². The van der Waals surface area contributed by atoms with Gasteiger partial charge in [-0.2, -0.15) is 5.26 Å². The minimum atomic E-state index is -0.476. The fourth-order valence-corrected chi connectivity index (χ4v) is 2.69. The smallest absolute Gasteiger partial charge is 0.290 e. The molecule has 0 atom stereocenters. The van der Waals surface area contributed by atoms with Crippen molar-refractivity contribution in [1.29, 1.82) is 5.26 Å². The normalized spacial score (nSPS) is 11.6. The quantitative estimate of drug-likeness (QED) is 0.368. The summed E-state index contributed by atoms with van der Waals surface area (Å²) >= 11 is 12.0. The molecular formula is C19H13Cl2N5O2. The molecule has 0 unspecified atom stereocenters. The molecule has 9 heteroatoms. The first-order chi connectivity index (χ1) is 13.5. The number of rotatable bonds is 5. The minimum Gasteiger partial charge on any atom is -0.491 e. The summed E-state index contributed by atoms with van der Waals surface area (Å²) in [6.45, 7) is 0. The van der Waals surface area contributed by atoms with E-state index < -0.39 is 5.91 Å². The highest BCUT2D eigenvalue weighted by Gasteiger charge is 2.10. The third-order valence-corrected chi connectivity index (χ3v) is 4.38. The lowest BCUT2D eigenvalue weighted by atomic mass is 10.2. The molecule has 3 rings (SSSR count). The molecule has 0 bridgehead atoms. The number of nitrogens with one attached hydrogen (secondary N) is 2. The highest BCUT2D eigenvalue weighted by Crippen LogP contribution is 2.28. The number of aromatic nitrogens is 3. The number of nitrogens with zero attached hydrogens (tertiary/aromatic N) is 3. The second kappa shape index (κ2) is 8.57. The van der Waals surface area contributed by atoms with Gasteiger partial charge >= 0.3 is 0 Å². The molecule has 0 aliphatic carbocycles. The summed E-state index contributed by atoms with van der Waals surface area (Å²) in [5, 5.41) is 13.1. The maximum absolute atomic E-state index is 12.3. The largest absolute Gasteiger partial charge is 0.491 e. The van der Waals surface area contributed by atoms with Crippen molar-refractivity contribution in [3.05, 3.63) is 70.1 Å². The second-order valence-electron chi connectivity index (χ2n) is 5.53. The predicted molar refractivity (Wildman–Crippen MR) is 108 cm³/mol. The Morgan fingerprint density at radius 1 is 1.25 bits per heavy atom. The van der Waals surface area contributed by atoms with Crippen LogP contribution in [-0.2, 0) is 9.53 Å². The summed E-state index contributed by atoms with van der Waals surface area (Å²) in [6, 6.07) is 7.23. The Morgan fingerprint density at radius 3 is 2.64 bits per heavy atom. The molecule has 2 heterocycles. The van der Waals surface area contributed by atoms with Crippen molar-refractivity contribution in [2.24, 2.45) is 0 Å². The number of aromatic amines is 1. The molecule has 2 N–H and O–H groups in total. The van der Waals surface area contributed by atoms with E-state index in [1.807, 2.05) is 6.07 Å². The fraction of sp³-hybridized carbons (Fsp3) is 0.0526. The first-order valence-electron chi connectivity index (χ1n) is 7.94. The zero-order valence-corrected chi connectivity index (χ0v) is 16.0. The van der Waals surface area contributed by atoms with Gasteiger partial charge in [0.15, 0.2) is 5.76 Å². The van der Waals surface area contributed by atoms with Crippen molar-refractivity contribution >= 4 is 51.8 Å². The number of methoxy groups -OCH3 is 1. The summed E-state index contributed by atoms with van der Waals surface area (Å²) < 4.78 is 5.12. The van der Waals surface area contributed by atoms with Crippen LogP contribution in [0.5, 0.6) is 0 Å². The number of nitriles is 1. The number of fused-ring (bicyclic) bond motifs is 1. The van der Waals surface area contributed by atoms with Crippen LogP contribution in [0.2, 0.25) is 10.0 Å². The molecule has 0 saturated carbocycles. The van der Waals surface area contributed by atoms with Gasteiger partial charge in [0.25, 0.3) is 5.91 Å². The van der Waals surface area contributed by atoms with E-state index in [-0.39, 0.29) is 11.6 Å². The van der Waals surface area contributed by atoms with Crippen LogP contribution in [0.4, 0.5) is 5.69 Å². The minimum absolute atomic E-state index is 0.0179. The van der Waals surface area contributed by atoms with Gasteiger partial charge in [0.1, 0.15) is 6.07 Å². The van der Waals surface area contributed by atoms with E-state index in [1.165, 1.54) is 25.6 Å². The summed E-state index contributed by atoms with van der Waals surface area (Å²) in [5.74, 6) is -0.372. The Kier molecular flexibility index (Phi) is 5.94. The zero-order chi connectivity index (χ0) is 20.1. The van der Waals surface area contributed by atoms with E-state index in [9.17, 15) is 4.79 Å². The monoisotopic (exact) mass is 413 g/mol. The van der Waals surface area contributed by atoms with Gasteiger partial charge in [0.2, 0.25) is 5.82 Å². The standard InChI is InChI=1S/C19H13Cl2N5O2/c1-28-17(19(27)26-13-9-23-18(8-22)24-10-13)4-2-3-12-5-11-6-14(20)15(21)7-16(11)25-12/h2-7,9-10,25H,1H3,(H,26,27)/b3-2+,17-4-. The highest BCUT2D eigenvalue weighted by atomic mass is 35.5. The molecule has 1 aromatic carbocycles. The molecule has 0 spiro atoms. The lowest BCUT2D eigenvalue weighted by molar-refractivity contribution is -0.115. The molecule has 0 fully saturated rings. The predicted octanol–water partition coefficient (Wildman–Crippen LogP) is 4.32. The first-order valence-corrected chi connectivity index (χ1v) is 8.69. The Hall–Kier alpha value is -3.34.